The van der Waals surface area contributed by atoms with E-state index < -0.39 is 0 Å². The highest BCUT2D eigenvalue weighted by molar-refractivity contribution is 7.17. The molecule has 0 saturated carbocycles. The van der Waals surface area contributed by atoms with Crippen molar-refractivity contribution in [2.24, 2.45) is 0 Å². The average Bonchev–Trinajstić information content (AvgIpc) is 2.81. The van der Waals surface area contributed by atoms with E-state index in [9.17, 15) is 0 Å². The van der Waals surface area contributed by atoms with Crippen molar-refractivity contribution in [2.75, 3.05) is 0 Å². The van der Waals surface area contributed by atoms with Crippen LogP contribution in [0.3, 0.4) is 0 Å². The first-order valence-corrected chi connectivity index (χ1v) is 8.56. The van der Waals surface area contributed by atoms with Gasteiger partial charge in [0.05, 0.1) is 0 Å². The number of hydrogen-bond donors (Lipinski definition) is 0. The summed E-state index contributed by atoms with van der Waals surface area (Å²) < 4.78 is 0. The first kappa shape index (κ1) is 13.4. The molecule has 0 radical (unpaired) electrons. The van der Waals surface area contributed by atoms with E-state index in [0.717, 1.165) is 6.42 Å². The van der Waals surface area contributed by atoms with E-state index >= 15 is 0 Å². The summed E-state index contributed by atoms with van der Waals surface area (Å²) in [6, 6.07) is 4.87. The number of thiophene rings is 2. The Labute approximate surface area is 124 Å². The molecule has 0 aromatic carbocycles. The summed E-state index contributed by atoms with van der Waals surface area (Å²) in [6.07, 6.45) is 1.15. The fourth-order valence-corrected chi connectivity index (χ4v) is 5.05. The molecule has 102 valence electrons. The summed E-state index contributed by atoms with van der Waals surface area (Å²) in [7, 11) is 0. The van der Waals surface area contributed by atoms with E-state index in [1.54, 1.807) is 10.4 Å². The Balaban J connectivity index is 2.07. The topological polar surface area (TPSA) is 0 Å². The van der Waals surface area contributed by atoms with Gasteiger partial charge in [-0.3, -0.25) is 0 Å². The van der Waals surface area contributed by atoms with Crippen molar-refractivity contribution in [1.82, 2.24) is 0 Å². The van der Waals surface area contributed by atoms with Crippen LogP contribution in [0.1, 0.15) is 61.7 Å². The highest BCUT2D eigenvalue weighted by atomic mass is 32.1. The zero-order chi connectivity index (χ0) is 14.0. The molecule has 0 nitrogen and oxygen atoms in total. The lowest BCUT2D eigenvalue weighted by atomic mass is 9.94. The van der Waals surface area contributed by atoms with Gasteiger partial charge >= 0.3 is 0 Å². The van der Waals surface area contributed by atoms with Crippen molar-refractivity contribution < 1.29 is 0 Å². The van der Waals surface area contributed by atoms with Gasteiger partial charge in [0.2, 0.25) is 0 Å². The molecular weight excluding hydrogens is 268 g/mol. The summed E-state index contributed by atoms with van der Waals surface area (Å²) in [5.41, 5.74) is 3.62. The SMILES string of the molecule is CC(C)(C)c1cc2c(s1)Cc1cc(C(C)(C)C)sc1-2. The second kappa shape index (κ2) is 3.95. The third-order valence-corrected chi connectivity index (χ3v) is 6.89. The van der Waals surface area contributed by atoms with Crippen LogP contribution in [0.2, 0.25) is 0 Å². The van der Waals surface area contributed by atoms with Crippen LogP contribution in [-0.2, 0) is 17.3 Å². The molecule has 0 atom stereocenters. The number of hydrogen-bond acceptors (Lipinski definition) is 2. The van der Waals surface area contributed by atoms with Crippen LogP contribution in [0.25, 0.3) is 10.4 Å². The lowest BCUT2D eigenvalue weighted by Crippen LogP contribution is -2.08. The maximum Gasteiger partial charge on any atom is 0.0392 e. The largest absolute Gasteiger partial charge is 0.144 e. The maximum atomic E-state index is 2.44. The van der Waals surface area contributed by atoms with Gasteiger partial charge in [-0.05, 0) is 28.5 Å². The minimum absolute atomic E-state index is 0.276. The van der Waals surface area contributed by atoms with Gasteiger partial charge < -0.3 is 0 Å². The van der Waals surface area contributed by atoms with Gasteiger partial charge in [-0.25, -0.2) is 0 Å². The van der Waals surface area contributed by atoms with Crippen LogP contribution in [0.15, 0.2) is 12.1 Å². The summed E-state index contributed by atoms with van der Waals surface area (Å²) in [6.45, 7) is 13.9. The Morgan fingerprint density at radius 1 is 0.842 bits per heavy atom. The molecule has 1 aliphatic rings. The van der Waals surface area contributed by atoms with Crippen molar-refractivity contribution >= 4 is 22.7 Å². The minimum atomic E-state index is 0.276. The van der Waals surface area contributed by atoms with Gasteiger partial charge in [0, 0.05) is 31.5 Å². The molecule has 2 heterocycles. The second-order valence-corrected chi connectivity index (χ2v) is 9.78. The normalized spacial score (nSPS) is 14.6. The summed E-state index contributed by atoms with van der Waals surface area (Å²) >= 11 is 4.01. The molecule has 2 aromatic rings. The first-order valence-electron chi connectivity index (χ1n) is 6.93. The Bertz CT molecular complexity index is 571. The van der Waals surface area contributed by atoms with Crippen LogP contribution in [0.5, 0.6) is 0 Å². The molecule has 0 aliphatic heterocycles. The van der Waals surface area contributed by atoms with Crippen LogP contribution in [0, 0.1) is 0 Å². The Kier molecular flexibility index (Phi) is 2.79. The Hall–Kier alpha value is -0.600. The predicted molar refractivity (Wildman–Crippen MR) is 87.8 cm³/mol. The Morgan fingerprint density at radius 3 is 2.00 bits per heavy atom. The van der Waals surface area contributed by atoms with E-state index in [2.05, 4.69) is 53.7 Å². The van der Waals surface area contributed by atoms with E-state index in [-0.39, 0.29) is 10.8 Å². The van der Waals surface area contributed by atoms with E-state index in [4.69, 9.17) is 0 Å². The molecule has 3 rings (SSSR count). The molecule has 0 N–H and O–H groups in total. The standard InChI is InChI=1S/C17H22S2/c1-16(2,3)13-8-10-7-12-11(15(10)19-13)9-14(18-12)17(4,5)6/h8-9H,7H2,1-6H3. The van der Waals surface area contributed by atoms with Crippen molar-refractivity contribution in [3.63, 3.8) is 0 Å². The third kappa shape index (κ3) is 2.19. The van der Waals surface area contributed by atoms with E-state index in [0.29, 0.717) is 0 Å². The molecule has 0 amide bonds. The van der Waals surface area contributed by atoms with Crippen molar-refractivity contribution in [3.05, 3.63) is 32.3 Å². The van der Waals surface area contributed by atoms with Crippen molar-refractivity contribution in [1.29, 1.82) is 0 Å². The zero-order valence-electron chi connectivity index (χ0n) is 12.7. The van der Waals surface area contributed by atoms with Crippen LogP contribution >= 0.6 is 22.7 Å². The summed E-state index contributed by atoms with van der Waals surface area (Å²) in [4.78, 5) is 6.15. The molecule has 0 bridgehead atoms. The van der Waals surface area contributed by atoms with Gasteiger partial charge in [-0.2, -0.15) is 0 Å². The Morgan fingerprint density at radius 2 is 1.42 bits per heavy atom. The molecule has 0 spiro atoms. The van der Waals surface area contributed by atoms with Gasteiger partial charge in [0.25, 0.3) is 0 Å². The average molecular weight is 290 g/mol. The van der Waals surface area contributed by atoms with Crippen LogP contribution in [0.4, 0.5) is 0 Å². The smallest absolute Gasteiger partial charge is 0.0392 e. The third-order valence-electron chi connectivity index (χ3n) is 3.69. The molecule has 0 unspecified atom stereocenters. The number of fused-ring (bicyclic) bond motifs is 3. The van der Waals surface area contributed by atoms with Gasteiger partial charge in [-0.15, -0.1) is 22.7 Å². The predicted octanol–water partition coefficient (Wildman–Crippen LogP) is 5.98. The van der Waals surface area contributed by atoms with E-state index in [1.807, 2.05) is 22.7 Å². The highest BCUT2D eigenvalue weighted by Crippen LogP contribution is 2.49. The van der Waals surface area contributed by atoms with Crippen molar-refractivity contribution in [3.8, 4) is 10.4 Å². The number of rotatable bonds is 0. The summed E-state index contributed by atoms with van der Waals surface area (Å²) in [5, 5.41) is 0. The van der Waals surface area contributed by atoms with Gasteiger partial charge in [-0.1, -0.05) is 41.5 Å². The van der Waals surface area contributed by atoms with Gasteiger partial charge in [0.1, 0.15) is 0 Å². The maximum absolute atomic E-state index is 2.44. The fourth-order valence-electron chi connectivity index (χ4n) is 2.45. The zero-order valence-corrected chi connectivity index (χ0v) is 14.3. The first-order chi connectivity index (χ1) is 8.66. The second-order valence-electron chi connectivity index (χ2n) is 7.59. The highest BCUT2D eigenvalue weighted by Gasteiger charge is 2.29. The van der Waals surface area contributed by atoms with Crippen LogP contribution < -0.4 is 0 Å². The monoisotopic (exact) mass is 290 g/mol. The minimum Gasteiger partial charge on any atom is -0.144 e. The molecule has 2 heteroatoms. The fraction of sp³-hybridized carbons (Fsp3) is 0.529. The molecule has 2 aromatic heterocycles. The molecule has 1 aliphatic carbocycles. The quantitative estimate of drug-likeness (QED) is 0.478. The lowest BCUT2D eigenvalue weighted by Gasteiger charge is -2.15. The molecule has 19 heavy (non-hydrogen) atoms. The lowest BCUT2D eigenvalue weighted by molar-refractivity contribution is 0.603. The molecular formula is C17H22S2. The molecule has 0 saturated heterocycles. The van der Waals surface area contributed by atoms with Gasteiger partial charge in [0.15, 0.2) is 0 Å². The summed E-state index contributed by atoms with van der Waals surface area (Å²) in [5.74, 6) is 0. The van der Waals surface area contributed by atoms with Crippen LogP contribution in [-0.4, -0.2) is 0 Å². The van der Waals surface area contributed by atoms with Crippen molar-refractivity contribution in [2.45, 2.75) is 58.8 Å². The molecule has 0 fully saturated rings. The van der Waals surface area contributed by atoms with E-state index in [1.165, 1.54) is 20.2 Å².